The van der Waals surface area contributed by atoms with Gasteiger partial charge in [0.15, 0.2) is 0 Å². The zero-order chi connectivity index (χ0) is 30.8. The lowest BCUT2D eigenvalue weighted by Crippen LogP contribution is -3.10. The molecule has 0 saturated heterocycles. The van der Waals surface area contributed by atoms with Gasteiger partial charge in [-0.3, -0.25) is 4.79 Å². The molecule has 0 aliphatic heterocycles. The van der Waals surface area contributed by atoms with Crippen molar-refractivity contribution in [2.45, 2.75) is 194 Å². The molecule has 0 aliphatic rings. The maximum atomic E-state index is 12.0. The molecular formula is C37H74ClNO4+. The summed E-state index contributed by atoms with van der Waals surface area (Å²) in [7, 11) is 2.06. The van der Waals surface area contributed by atoms with Gasteiger partial charge in [-0.25, -0.2) is 0 Å². The Labute approximate surface area is 274 Å². The number of ether oxygens (including phenoxy) is 2. The predicted molar refractivity (Wildman–Crippen MR) is 179 cm³/mol. The van der Waals surface area contributed by atoms with Gasteiger partial charge in [0.2, 0.25) is 6.61 Å². The second-order valence-electron chi connectivity index (χ2n) is 12.9. The Morgan fingerprint density at radius 2 is 0.791 bits per heavy atom. The zero-order valence-electron chi connectivity index (χ0n) is 29.1. The number of esters is 2. The summed E-state index contributed by atoms with van der Waals surface area (Å²) in [5, 5.41) is 0. The molecule has 0 spiro atoms. The lowest BCUT2D eigenvalue weighted by molar-refractivity contribution is -0.880. The molecule has 0 fully saturated rings. The quantitative estimate of drug-likeness (QED) is 0.0497. The van der Waals surface area contributed by atoms with E-state index in [-0.39, 0.29) is 24.3 Å². The molecule has 0 bridgehead atoms. The predicted octanol–water partition coefficient (Wildman–Crippen LogP) is 6.55. The Hall–Kier alpha value is -0.810. The van der Waals surface area contributed by atoms with Gasteiger partial charge in [-0.1, -0.05) is 168 Å². The van der Waals surface area contributed by atoms with Crippen molar-refractivity contribution in [1.29, 1.82) is 0 Å². The SMILES string of the molecule is CCCCCCCCCCCCCCCC(=O)OCC[NH+](C)CCOC(=[O+])CCCCCCCCCCCCCCC.[Cl-]. The van der Waals surface area contributed by atoms with Crippen LogP contribution in [0.1, 0.15) is 194 Å². The molecule has 0 saturated carbocycles. The molecule has 0 unspecified atom stereocenters. The van der Waals surface area contributed by atoms with Crippen molar-refractivity contribution >= 4 is 11.9 Å². The largest absolute Gasteiger partial charge is 1.00 e. The highest BCUT2D eigenvalue weighted by Gasteiger charge is 2.17. The molecule has 0 amide bonds. The number of unbranched alkanes of at least 4 members (excludes halogenated alkanes) is 24. The lowest BCUT2D eigenvalue weighted by Gasteiger charge is -2.12. The third-order valence-electron chi connectivity index (χ3n) is 8.55. The van der Waals surface area contributed by atoms with Crippen LogP contribution in [0.4, 0.5) is 0 Å². The highest BCUT2D eigenvalue weighted by atomic mass is 35.5. The van der Waals surface area contributed by atoms with E-state index in [0.29, 0.717) is 26.1 Å². The average molecular weight is 632 g/mol. The number of hydrogen-bond acceptors (Lipinski definition) is 4. The number of quaternary nitrogens is 1. The highest BCUT2D eigenvalue weighted by Crippen LogP contribution is 2.14. The van der Waals surface area contributed by atoms with Crippen molar-refractivity contribution in [2.75, 3.05) is 33.4 Å². The van der Waals surface area contributed by atoms with E-state index >= 15 is 0 Å². The van der Waals surface area contributed by atoms with Crippen LogP contribution < -0.4 is 17.3 Å². The Kier molecular flexibility index (Phi) is 38.5. The molecule has 43 heavy (non-hydrogen) atoms. The lowest BCUT2D eigenvalue weighted by atomic mass is 10.0. The molecule has 0 aromatic carbocycles. The van der Waals surface area contributed by atoms with E-state index in [9.17, 15) is 9.59 Å². The van der Waals surface area contributed by atoms with Crippen molar-refractivity contribution in [3.63, 3.8) is 0 Å². The van der Waals surface area contributed by atoms with Crippen LogP contribution in [0.2, 0.25) is 0 Å². The Balaban J connectivity index is 0. The normalized spacial score (nSPS) is 11.7. The van der Waals surface area contributed by atoms with Crippen molar-refractivity contribution in [3.05, 3.63) is 0 Å². The van der Waals surface area contributed by atoms with E-state index in [1.54, 1.807) is 0 Å². The van der Waals surface area contributed by atoms with Gasteiger partial charge in [0.1, 0.15) is 26.1 Å². The maximum absolute atomic E-state index is 12.0. The smallest absolute Gasteiger partial charge is 0.574 e. The first-order valence-corrected chi connectivity index (χ1v) is 18.7. The van der Waals surface area contributed by atoms with E-state index in [1.807, 2.05) is 0 Å². The van der Waals surface area contributed by atoms with E-state index in [2.05, 4.69) is 20.9 Å². The third kappa shape index (κ3) is 37.3. The van der Waals surface area contributed by atoms with Gasteiger partial charge in [-0.15, -0.1) is 0 Å². The number of likely N-dealkylation sites (N-methyl/N-ethyl adjacent to an activating group) is 1. The van der Waals surface area contributed by atoms with Crippen LogP contribution in [0.15, 0.2) is 0 Å². The van der Waals surface area contributed by atoms with Gasteiger partial charge in [-0.2, -0.15) is 0 Å². The number of nitrogens with one attached hydrogen (secondary N) is 1. The van der Waals surface area contributed by atoms with Crippen LogP contribution in [0.5, 0.6) is 0 Å². The standard InChI is InChI=1S/C37H73NO4.ClH/c1-4-6-8-10-12-14-16-18-20-22-24-26-28-30-36(39)41-34-32-38(3)33-35-42-37(40)31-29-27-25-23-21-19-17-15-13-11-9-7-5-2;/h4-35H2,1-3H3;1H/q+1;. The first-order valence-electron chi connectivity index (χ1n) is 18.7. The number of carbonyl (C=O) groups is 2. The van der Waals surface area contributed by atoms with Crippen molar-refractivity contribution in [1.82, 2.24) is 0 Å². The van der Waals surface area contributed by atoms with Crippen LogP contribution in [0.3, 0.4) is 0 Å². The maximum Gasteiger partial charge on any atom is 0.574 e. The van der Waals surface area contributed by atoms with Crippen molar-refractivity contribution in [2.24, 2.45) is 0 Å². The topological polar surface area (TPSA) is 59.9 Å². The summed E-state index contributed by atoms with van der Waals surface area (Å²) in [6.07, 6.45) is 35.1. The average Bonchev–Trinajstić information content (AvgIpc) is 2.98. The fourth-order valence-corrected chi connectivity index (χ4v) is 5.52. The van der Waals surface area contributed by atoms with E-state index in [4.69, 9.17) is 9.47 Å². The molecule has 0 heterocycles. The Morgan fingerprint density at radius 1 is 0.488 bits per heavy atom. The van der Waals surface area contributed by atoms with Gasteiger partial charge in [0.05, 0.1) is 7.05 Å². The summed E-state index contributed by atoms with van der Waals surface area (Å²) in [5.74, 6) is -0.148. The molecule has 0 atom stereocenters. The molecule has 0 aliphatic carbocycles. The van der Waals surface area contributed by atoms with Crippen molar-refractivity contribution in [3.8, 4) is 0 Å². The summed E-state index contributed by atoms with van der Waals surface area (Å²) >= 11 is 0. The number of halogens is 1. The molecule has 0 aromatic rings. The van der Waals surface area contributed by atoms with Crippen molar-refractivity contribution < 1.29 is 36.4 Å². The fraction of sp³-hybridized carbons (Fsp3) is 0.946. The minimum atomic E-state index is -0.0740. The molecular weight excluding hydrogens is 558 g/mol. The minimum absolute atomic E-state index is 0. The summed E-state index contributed by atoms with van der Waals surface area (Å²) in [4.78, 5) is 25.2. The van der Waals surface area contributed by atoms with E-state index in [1.165, 1.54) is 146 Å². The number of carbonyl (C=O) groups excluding carboxylic acids is 2. The number of hydrogen-bond donors (Lipinski definition) is 1. The van der Waals surface area contributed by atoms with Gasteiger partial charge < -0.3 is 26.8 Å². The van der Waals surface area contributed by atoms with Gasteiger partial charge >= 0.3 is 11.9 Å². The zero-order valence-corrected chi connectivity index (χ0v) is 29.9. The molecule has 257 valence electrons. The van der Waals surface area contributed by atoms with Gasteiger partial charge in [0, 0.05) is 11.2 Å². The minimum Gasteiger partial charge on any atom is -1.00 e. The Bertz CT molecular complexity index is 527. The summed E-state index contributed by atoms with van der Waals surface area (Å²) in [5.41, 5.74) is 0. The summed E-state index contributed by atoms with van der Waals surface area (Å²) < 4.78 is 10.8. The van der Waals surface area contributed by atoms with Gasteiger partial charge in [-0.05, 0) is 12.8 Å². The van der Waals surface area contributed by atoms with E-state index < -0.39 is 0 Å². The highest BCUT2D eigenvalue weighted by molar-refractivity contribution is 5.69. The monoisotopic (exact) mass is 632 g/mol. The van der Waals surface area contributed by atoms with Crippen LogP contribution in [-0.2, 0) is 19.1 Å². The summed E-state index contributed by atoms with van der Waals surface area (Å²) in [6, 6.07) is 0. The molecule has 6 heteroatoms. The molecule has 5 nitrogen and oxygen atoms in total. The molecule has 1 N–H and O–H groups in total. The first-order chi connectivity index (χ1) is 20.6. The Morgan fingerprint density at radius 3 is 1.16 bits per heavy atom. The molecule has 1 radical (unpaired) electrons. The van der Waals surface area contributed by atoms with Gasteiger partial charge in [0.25, 0.3) is 0 Å². The van der Waals surface area contributed by atoms with E-state index in [0.717, 1.165) is 38.8 Å². The summed E-state index contributed by atoms with van der Waals surface area (Å²) in [6.45, 7) is 6.93. The van der Waals surface area contributed by atoms with Crippen LogP contribution in [0, 0.1) is 0 Å². The van der Waals surface area contributed by atoms with Crippen LogP contribution >= 0.6 is 0 Å². The fourth-order valence-electron chi connectivity index (χ4n) is 5.52. The van der Waals surface area contributed by atoms with Crippen LogP contribution in [-0.4, -0.2) is 45.3 Å². The third-order valence-corrected chi connectivity index (χ3v) is 8.55. The second kappa shape index (κ2) is 37.4. The number of rotatable bonds is 34. The first kappa shape index (κ1) is 44.3. The van der Waals surface area contributed by atoms with Crippen LogP contribution in [0.25, 0.3) is 0 Å². The second-order valence-corrected chi connectivity index (χ2v) is 12.9. The molecule has 0 aromatic heterocycles. The molecule has 0 rings (SSSR count).